The Bertz CT molecular complexity index is 1160. The molecule has 0 bridgehead atoms. The second-order valence-electron chi connectivity index (χ2n) is 8.31. The fraction of sp³-hybridized carbons (Fsp3) is 0.286. The Labute approximate surface area is 210 Å². The molecular weight excluding hydrogens is 462 g/mol. The van der Waals surface area contributed by atoms with Crippen LogP contribution in [0.1, 0.15) is 39.0 Å². The largest absolute Gasteiger partial charge is 0.480 e. The van der Waals surface area contributed by atoms with Gasteiger partial charge in [-0.15, -0.1) is 0 Å². The number of aliphatic hydroxyl groups excluding tert-OH is 1. The summed E-state index contributed by atoms with van der Waals surface area (Å²) in [6.45, 7) is 2.70. The summed E-state index contributed by atoms with van der Waals surface area (Å²) < 4.78 is 5.90. The van der Waals surface area contributed by atoms with Crippen molar-refractivity contribution in [2.24, 2.45) is 0 Å². The molecule has 7 heteroatoms. The second-order valence-corrected chi connectivity index (χ2v) is 9.30. The molecule has 3 rings (SSSR count). The van der Waals surface area contributed by atoms with Gasteiger partial charge in [-0.1, -0.05) is 54.6 Å². The molecule has 0 fully saturated rings. The van der Waals surface area contributed by atoms with E-state index in [1.165, 1.54) is 0 Å². The molecule has 0 saturated carbocycles. The fourth-order valence-corrected chi connectivity index (χ4v) is 4.28. The van der Waals surface area contributed by atoms with Crippen molar-refractivity contribution in [2.75, 3.05) is 12.0 Å². The molecule has 3 aromatic rings. The summed E-state index contributed by atoms with van der Waals surface area (Å²) in [6.07, 6.45) is 2.26. The number of hydrogen-bond acceptors (Lipinski definition) is 5. The number of ether oxygens (including phenoxy) is 1. The van der Waals surface area contributed by atoms with Gasteiger partial charge in [-0.05, 0) is 70.9 Å². The number of carboxylic acid groups (broad SMARTS) is 1. The van der Waals surface area contributed by atoms with Crippen molar-refractivity contribution in [3.63, 3.8) is 0 Å². The minimum Gasteiger partial charge on any atom is -0.480 e. The highest BCUT2D eigenvalue weighted by Gasteiger charge is 2.22. The zero-order valence-electron chi connectivity index (χ0n) is 20.0. The molecule has 3 N–H and O–H groups in total. The summed E-state index contributed by atoms with van der Waals surface area (Å²) in [5.74, 6) is -0.815. The number of nitrogens with one attached hydrogen (secondary N) is 1. The Hall–Kier alpha value is -3.13. The van der Waals surface area contributed by atoms with E-state index in [-0.39, 0.29) is 6.61 Å². The maximum atomic E-state index is 13.2. The van der Waals surface area contributed by atoms with Crippen LogP contribution >= 0.6 is 11.8 Å². The van der Waals surface area contributed by atoms with Gasteiger partial charge in [0.05, 0.1) is 19.8 Å². The van der Waals surface area contributed by atoms with E-state index in [1.54, 1.807) is 17.8 Å². The van der Waals surface area contributed by atoms with E-state index in [9.17, 15) is 19.8 Å². The smallest absolute Gasteiger partial charge is 0.326 e. The van der Waals surface area contributed by atoms with E-state index in [4.69, 9.17) is 4.74 Å². The molecule has 0 saturated heterocycles. The Morgan fingerprint density at radius 1 is 0.943 bits per heavy atom. The fourth-order valence-electron chi connectivity index (χ4n) is 3.81. The molecule has 0 aliphatic heterocycles. The summed E-state index contributed by atoms with van der Waals surface area (Å²) in [4.78, 5) is 24.8. The predicted molar refractivity (Wildman–Crippen MR) is 139 cm³/mol. The lowest BCUT2D eigenvalue weighted by atomic mass is 9.93. The topological polar surface area (TPSA) is 95.9 Å². The quantitative estimate of drug-likeness (QED) is 0.335. The first-order valence-electron chi connectivity index (χ1n) is 11.4. The number of aliphatic carboxylic acids is 1. The predicted octanol–water partition coefficient (Wildman–Crippen LogP) is 4.81. The summed E-state index contributed by atoms with van der Waals surface area (Å²) in [5, 5.41) is 21.5. The number of rotatable bonds is 12. The van der Waals surface area contributed by atoms with Crippen molar-refractivity contribution >= 4 is 23.6 Å². The van der Waals surface area contributed by atoms with Crippen LogP contribution in [0.15, 0.2) is 66.7 Å². The summed E-state index contributed by atoms with van der Waals surface area (Å²) in [7, 11) is 0. The first kappa shape index (κ1) is 26.5. The SMILES string of the molecule is CSCCC(NC(=O)c1ccc(COCc2cccc(CO)c2)cc1-c1ccccc1C)C(=O)O. The van der Waals surface area contributed by atoms with Gasteiger partial charge in [0.15, 0.2) is 0 Å². The van der Waals surface area contributed by atoms with Gasteiger partial charge >= 0.3 is 5.97 Å². The normalized spacial score (nSPS) is 11.7. The van der Waals surface area contributed by atoms with Gasteiger partial charge in [0.1, 0.15) is 6.04 Å². The van der Waals surface area contributed by atoms with Crippen LogP contribution < -0.4 is 5.32 Å². The van der Waals surface area contributed by atoms with Crippen LogP contribution in [0, 0.1) is 6.92 Å². The van der Waals surface area contributed by atoms with Crippen molar-refractivity contribution in [3.8, 4) is 11.1 Å². The van der Waals surface area contributed by atoms with Crippen molar-refractivity contribution in [3.05, 3.63) is 94.5 Å². The molecule has 184 valence electrons. The lowest BCUT2D eigenvalue weighted by molar-refractivity contribution is -0.139. The van der Waals surface area contributed by atoms with Crippen molar-refractivity contribution in [1.29, 1.82) is 0 Å². The Morgan fingerprint density at radius 3 is 2.34 bits per heavy atom. The average molecular weight is 494 g/mol. The lowest BCUT2D eigenvalue weighted by Crippen LogP contribution is -2.41. The highest BCUT2D eigenvalue weighted by Crippen LogP contribution is 2.29. The van der Waals surface area contributed by atoms with Gasteiger partial charge < -0.3 is 20.3 Å². The number of aryl methyl sites for hydroxylation is 1. The van der Waals surface area contributed by atoms with Crippen molar-refractivity contribution in [1.82, 2.24) is 5.32 Å². The van der Waals surface area contributed by atoms with E-state index in [0.717, 1.165) is 33.4 Å². The van der Waals surface area contributed by atoms with Gasteiger partial charge in [0.2, 0.25) is 0 Å². The van der Waals surface area contributed by atoms with Gasteiger partial charge in [0, 0.05) is 5.56 Å². The summed E-state index contributed by atoms with van der Waals surface area (Å²) in [6, 6.07) is 19.9. The van der Waals surface area contributed by atoms with E-state index >= 15 is 0 Å². The second kappa shape index (κ2) is 13.1. The number of benzene rings is 3. The minimum atomic E-state index is -1.04. The van der Waals surface area contributed by atoms with Gasteiger partial charge in [-0.3, -0.25) is 4.79 Å². The van der Waals surface area contributed by atoms with Crippen LogP contribution in [0.5, 0.6) is 0 Å². The number of amides is 1. The van der Waals surface area contributed by atoms with Crippen LogP contribution in [0.4, 0.5) is 0 Å². The molecule has 35 heavy (non-hydrogen) atoms. The molecular formula is C28H31NO5S. The highest BCUT2D eigenvalue weighted by atomic mass is 32.2. The Kier molecular flexibility index (Phi) is 9.90. The van der Waals surface area contributed by atoms with Crippen LogP contribution in [-0.2, 0) is 29.4 Å². The zero-order chi connectivity index (χ0) is 25.2. The first-order valence-corrected chi connectivity index (χ1v) is 12.8. The monoisotopic (exact) mass is 493 g/mol. The standard InChI is InChI=1S/C28H31NO5S/c1-19-6-3-4-9-23(19)25-15-22(18-34-17-21-8-5-7-20(14-21)16-30)10-11-24(25)27(31)29-26(28(32)33)12-13-35-2/h3-11,14-15,26,30H,12-13,16-18H2,1-2H3,(H,29,31)(H,32,33). The molecule has 1 atom stereocenters. The van der Waals surface area contributed by atoms with E-state index < -0.39 is 17.9 Å². The molecule has 1 unspecified atom stereocenters. The third-order valence-corrected chi connectivity index (χ3v) is 6.33. The number of carbonyl (C=O) groups excluding carboxylic acids is 1. The van der Waals surface area contributed by atoms with E-state index in [0.29, 0.717) is 31.0 Å². The molecule has 0 radical (unpaired) electrons. The number of hydrogen-bond donors (Lipinski definition) is 3. The number of carboxylic acids is 1. The van der Waals surface area contributed by atoms with Gasteiger partial charge in [-0.25, -0.2) is 4.79 Å². The van der Waals surface area contributed by atoms with Gasteiger partial charge in [-0.2, -0.15) is 11.8 Å². The molecule has 1 amide bonds. The number of carbonyl (C=O) groups is 2. The first-order chi connectivity index (χ1) is 16.9. The summed E-state index contributed by atoms with van der Waals surface area (Å²) >= 11 is 1.54. The van der Waals surface area contributed by atoms with E-state index in [1.807, 2.05) is 73.8 Å². The van der Waals surface area contributed by atoms with Crippen molar-refractivity contribution < 1.29 is 24.5 Å². The molecule has 0 spiro atoms. The molecule has 0 aliphatic rings. The Morgan fingerprint density at radius 2 is 1.66 bits per heavy atom. The molecule has 6 nitrogen and oxygen atoms in total. The average Bonchev–Trinajstić information content (AvgIpc) is 2.86. The third-order valence-electron chi connectivity index (χ3n) is 5.69. The maximum Gasteiger partial charge on any atom is 0.326 e. The zero-order valence-corrected chi connectivity index (χ0v) is 20.8. The molecule has 3 aromatic carbocycles. The van der Waals surface area contributed by atoms with Crippen LogP contribution in [0.2, 0.25) is 0 Å². The molecule has 0 heterocycles. The van der Waals surface area contributed by atoms with Crippen LogP contribution in [0.3, 0.4) is 0 Å². The lowest BCUT2D eigenvalue weighted by Gasteiger charge is -2.18. The van der Waals surface area contributed by atoms with Gasteiger partial charge in [0.25, 0.3) is 5.91 Å². The number of aliphatic hydroxyl groups is 1. The van der Waals surface area contributed by atoms with Crippen LogP contribution in [0.25, 0.3) is 11.1 Å². The molecule has 0 aromatic heterocycles. The minimum absolute atomic E-state index is 0.0167. The highest BCUT2D eigenvalue weighted by molar-refractivity contribution is 7.98. The molecule has 0 aliphatic carbocycles. The van der Waals surface area contributed by atoms with E-state index in [2.05, 4.69) is 5.32 Å². The van der Waals surface area contributed by atoms with Crippen LogP contribution in [-0.4, -0.2) is 40.1 Å². The summed E-state index contributed by atoms with van der Waals surface area (Å²) in [5.41, 5.74) is 5.78. The third kappa shape index (κ3) is 7.42. The number of thioether (sulfide) groups is 1. The maximum absolute atomic E-state index is 13.2. The van der Waals surface area contributed by atoms with Crippen molar-refractivity contribution in [2.45, 2.75) is 39.2 Å². The Balaban J connectivity index is 1.83.